The van der Waals surface area contributed by atoms with Crippen LogP contribution in [0, 0.1) is 6.92 Å². The fourth-order valence-corrected chi connectivity index (χ4v) is 1.91. The second-order valence-electron chi connectivity index (χ2n) is 3.40. The predicted octanol–water partition coefficient (Wildman–Crippen LogP) is 3.79. The van der Waals surface area contributed by atoms with Gasteiger partial charge >= 0.3 is 14.0 Å². The summed E-state index contributed by atoms with van der Waals surface area (Å²) in [6, 6.07) is 3.37. The van der Waals surface area contributed by atoms with Crippen LogP contribution in [-0.2, 0) is 19.8 Å². The number of hydrogen-bond donors (Lipinski definition) is 0. The SMILES string of the molecule is COP(=O)(OC)Oc1ccc(C)cc1C(F)(F)F. The Balaban J connectivity index is 3.21. The lowest BCUT2D eigenvalue weighted by atomic mass is 10.1. The second-order valence-corrected chi connectivity index (χ2v) is 5.21. The van der Waals surface area contributed by atoms with E-state index in [0.29, 0.717) is 5.56 Å². The molecule has 0 heterocycles. The van der Waals surface area contributed by atoms with E-state index < -0.39 is 25.3 Å². The highest BCUT2D eigenvalue weighted by Gasteiger charge is 2.37. The summed E-state index contributed by atoms with van der Waals surface area (Å²) in [7, 11) is -1.98. The van der Waals surface area contributed by atoms with Gasteiger partial charge in [0.25, 0.3) is 0 Å². The molecule has 1 rings (SSSR count). The number of halogens is 3. The van der Waals surface area contributed by atoms with Gasteiger partial charge in [-0.05, 0) is 19.1 Å². The van der Waals surface area contributed by atoms with E-state index in [2.05, 4.69) is 9.05 Å². The molecule has 0 saturated carbocycles. The molecule has 0 aromatic heterocycles. The molecule has 4 nitrogen and oxygen atoms in total. The molecule has 18 heavy (non-hydrogen) atoms. The Morgan fingerprint density at radius 2 is 1.72 bits per heavy atom. The maximum atomic E-state index is 12.8. The Hall–Kier alpha value is -1.04. The Kier molecular flexibility index (Phi) is 4.42. The van der Waals surface area contributed by atoms with Gasteiger partial charge in [0.15, 0.2) is 0 Å². The minimum Gasteiger partial charge on any atom is -0.403 e. The van der Waals surface area contributed by atoms with Gasteiger partial charge in [-0.1, -0.05) is 11.6 Å². The standard InChI is InChI=1S/C10H12F3O4P/c1-7-4-5-9(8(6-7)10(11,12)13)17-18(14,15-2)16-3/h4-6H,1-3H3. The average molecular weight is 284 g/mol. The number of benzene rings is 1. The molecule has 0 bridgehead atoms. The molecule has 0 aliphatic rings. The molecule has 0 unspecified atom stereocenters. The van der Waals surface area contributed by atoms with Crippen molar-refractivity contribution in [3.63, 3.8) is 0 Å². The van der Waals surface area contributed by atoms with Gasteiger partial charge < -0.3 is 4.52 Å². The first kappa shape index (κ1) is 15.0. The zero-order valence-electron chi connectivity index (χ0n) is 9.95. The van der Waals surface area contributed by atoms with Crippen LogP contribution in [-0.4, -0.2) is 14.2 Å². The number of alkyl halides is 3. The highest BCUT2D eigenvalue weighted by Crippen LogP contribution is 2.50. The van der Waals surface area contributed by atoms with Gasteiger partial charge in [0.05, 0.1) is 5.56 Å². The molecule has 102 valence electrons. The molecule has 0 amide bonds. The van der Waals surface area contributed by atoms with Gasteiger partial charge in [-0.15, -0.1) is 0 Å². The van der Waals surface area contributed by atoms with Crippen LogP contribution < -0.4 is 4.52 Å². The summed E-state index contributed by atoms with van der Waals surface area (Å²) < 4.78 is 63.5. The van der Waals surface area contributed by atoms with Crippen LogP contribution in [0.4, 0.5) is 13.2 Å². The highest BCUT2D eigenvalue weighted by molar-refractivity contribution is 7.48. The van der Waals surface area contributed by atoms with Gasteiger partial charge in [0, 0.05) is 14.2 Å². The fraction of sp³-hybridized carbons (Fsp3) is 0.400. The average Bonchev–Trinajstić information content (AvgIpc) is 2.30. The summed E-state index contributed by atoms with van der Waals surface area (Å²) in [5.74, 6) is -0.597. The third kappa shape index (κ3) is 3.48. The van der Waals surface area contributed by atoms with Crippen LogP contribution in [0.15, 0.2) is 18.2 Å². The zero-order chi connectivity index (χ0) is 14.0. The van der Waals surface area contributed by atoms with E-state index >= 15 is 0 Å². The van der Waals surface area contributed by atoms with Gasteiger partial charge in [-0.2, -0.15) is 13.2 Å². The molecule has 8 heteroatoms. The van der Waals surface area contributed by atoms with Crippen molar-refractivity contribution in [3.05, 3.63) is 29.3 Å². The number of phosphoric acid groups is 1. The molecule has 0 aliphatic carbocycles. The molecule has 0 saturated heterocycles. The van der Waals surface area contributed by atoms with Gasteiger partial charge in [0.2, 0.25) is 0 Å². The van der Waals surface area contributed by atoms with Crippen molar-refractivity contribution in [1.29, 1.82) is 0 Å². The number of rotatable bonds is 4. The molecule has 1 aromatic rings. The molecular weight excluding hydrogens is 272 g/mol. The molecule has 0 spiro atoms. The van der Waals surface area contributed by atoms with E-state index in [1.54, 1.807) is 0 Å². The normalized spacial score (nSPS) is 12.6. The summed E-state index contributed by atoms with van der Waals surface area (Å²) in [5, 5.41) is 0. The maximum Gasteiger partial charge on any atom is 0.529 e. The number of phosphoric ester groups is 1. The van der Waals surface area contributed by atoms with Crippen LogP contribution in [0.25, 0.3) is 0 Å². The zero-order valence-corrected chi connectivity index (χ0v) is 10.8. The lowest BCUT2D eigenvalue weighted by molar-refractivity contribution is -0.138. The quantitative estimate of drug-likeness (QED) is 0.789. The second kappa shape index (κ2) is 5.30. The summed E-state index contributed by atoms with van der Waals surface area (Å²) in [6.45, 7) is 1.51. The first-order chi connectivity index (χ1) is 8.22. The lowest BCUT2D eigenvalue weighted by Crippen LogP contribution is -2.09. The summed E-state index contributed by atoms with van der Waals surface area (Å²) >= 11 is 0. The van der Waals surface area contributed by atoms with Crippen LogP contribution in [0.3, 0.4) is 0 Å². The molecule has 0 fully saturated rings. The van der Waals surface area contributed by atoms with E-state index in [1.807, 2.05) is 0 Å². The van der Waals surface area contributed by atoms with Crippen molar-refractivity contribution in [2.24, 2.45) is 0 Å². The topological polar surface area (TPSA) is 44.8 Å². The van der Waals surface area contributed by atoms with Crippen LogP contribution >= 0.6 is 7.82 Å². The van der Waals surface area contributed by atoms with Crippen molar-refractivity contribution in [1.82, 2.24) is 0 Å². The summed E-state index contributed by atoms with van der Waals surface area (Å²) in [5.41, 5.74) is -0.629. The van der Waals surface area contributed by atoms with Crippen molar-refractivity contribution in [2.45, 2.75) is 13.1 Å². The molecule has 0 N–H and O–H groups in total. The highest BCUT2D eigenvalue weighted by atomic mass is 31.2. The van der Waals surface area contributed by atoms with Crippen molar-refractivity contribution < 1.29 is 31.3 Å². The maximum absolute atomic E-state index is 12.8. The minimum absolute atomic E-state index is 0.402. The smallest absolute Gasteiger partial charge is 0.403 e. The molecule has 0 aliphatic heterocycles. The van der Waals surface area contributed by atoms with Crippen LogP contribution in [0.2, 0.25) is 0 Å². The van der Waals surface area contributed by atoms with E-state index in [9.17, 15) is 17.7 Å². The van der Waals surface area contributed by atoms with Gasteiger partial charge in [-0.3, -0.25) is 9.05 Å². The Morgan fingerprint density at radius 1 is 1.17 bits per heavy atom. The molecule has 1 aromatic carbocycles. The van der Waals surface area contributed by atoms with Crippen molar-refractivity contribution in [2.75, 3.05) is 14.2 Å². The van der Waals surface area contributed by atoms with E-state index in [4.69, 9.17) is 4.52 Å². The number of aryl methyl sites for hydroxylation is 1. The summed E-state index contributed by atoms with van der Waals surface area (Å²) in [4.78, 5) is 0. The third-order valence-corrected chi connectivity index (χ3v) is 3.41. The first-order valence-electron chi connectivity index (χ1n) is 4.81. The predicted molar refractivity (Wildman–Crippen MR) is 58.4 cm³/mol. The van der Waals surface area contributed by atoms with Crippen molar-refractivity contribution in [3.8, 4) is 5.75 Å². The van der Waals surface area contributed by atoms with Crippen molar-refractivity contribution >= 4 is 7.82 Å². The monoisotopic (exact) mass is 284 g/mol. The lowest BCUT2D eigenvalue weighted by Gasteiger charge is -2.18. The third-order valence-electron chi connectivity index (χ3n) is 2.10. The largest absolute Gasteiger partial charge is 0.529 e. The first-order valence-corrected chi connectivity index (χ1v) is 6.27. The van der Waals surface area contributed by atoms with E-state index in [-0.39, 0.29) is 0 Å². The minimum atomic E-state index is -4.62. The van der Waals surface area contributed by atoms with Gasteiger partial charge in [0.1, 0.15) is 5.75 Å². The number of hydrogen-bond acceptors (Lipinski definition) is 4. The Labute approximate surface area is 102 Å². The Morgan fingerprint density at radius 3 is 2.17 bits per heavy atom. The van der Waals surface area contributed by atoms with Crippen LogP contribution in [0.5, 0.6) is 5.75 Å². The van der Waals surface area contributed by atoms with Gasteiger partial charge in [-0.25, -0.2) is 4.57 Å². The van der Waals surface area contributed by atoms with E-state index in [0.717, 1.165) is 26.4 Å². The van der Waals surface area contributed by atoms with E-state index in [1.165, 1.54) is 13.0 Å². The Bertz CT molecular complexity index is 465. The fourth-order valence-electron chi connectivity index (χ4n) is 1.21. The molecule has 0 atom stereocenters. The molecular formula is C10H12F3O4P. The van der Waals surface area contributed by atoms with Crippen LogP contribution in [0.1, 0.15) is 11.1 Å². The molecule has 0 radical (unpaired) electrons. The summed E-state index contributed by atoms with van der Waals surface area (Å²) in [6.07, 6.45) is -4.62.